The summed E-state index contributed by atoms with van der Waals surface area (Å²) in [5.41, 5.74) is 2.17. The van der Waals surface area contributed by atoms with Crippen LogP contribution in [0.5, 0.6) is 5.75 Å². The van der Waals surface area contributed by atoms with Gasteiger partial charge in [-0.1, -0.05) is 0 Å². The number of oxazole rings is 1. The summed E-state index contributed by atoms with van der Waals surface area (Å²) in [6.45, 7) is 2.13. The van der Waals surface area contributed by atoms with Crippen molar-refractivity contribution in [1.82, 2.24) is 4.98 Å². The summed E-state index contributed by atoms with van der Waals surface area (Å²) in [7, 11) is 0. The predicted octanol–water partition coefficient (Wildman–Crippen LogP) is 2.76. The molecular weight excluding hydrogens is 296 g/mol. The van der Waals surface area contributed by atoms with Crippen LogP contribution >= 0.6 is 0 Å². The first-order valence-corrected chi connectivity index (χ1v) is 7.90. The first-order chi connectivity index (χ1) is 11.3. The van der Waals surface area contributed by atoms with Crippen molar-refractivity contribution in [3.8, 4) is 5.75 Å². The fraction of sp³-hybridized carbons (Fsp3) is 0.412. The van der Waals surface area contributed by atoms with Crippen molar-refractivity contribution in [3.63, 3.8) is 0 Å². The lowest BCUT2D eigenvalue weighted by Gasteiger charge is -2.18. The monoisotopic (exact) mass is 314 g/mol. The van der Waals surface area contributed by atoms with Crippen LogP contribution in [0, 0.1) is 0 Å². The van der Waals surface area contributed by atoms with Gasteiger partial charge in [0.1, 0.15) is 12.0 Å². The molecule has 3 heterocycles. The molecule has 0 spiro atoms. The smallest absolute Gasteiger partial charge is 0.277 e. The van der Waals surface area contributed by atoms with Crippen molar-refractivity contribution in [2.45, 2.75) is 25.2 Å². The van der Waals surface area contributed by atoms with Gasteiger partial charge in [-0.25, -0.2) is 4.98 Å². The van der Waals surface area contributed by atoms with E-state index in [-0.39, 0.29) is 11.8 Å². The van der Waals surface area contributed by atoms with Crippen molar-refractivity contribution in [2.24, 2.45) is 0 Å². The van der Waals surface area contributed by atoms with Gasteiger partial charge in [0.2, 0.25) is 0 Å². The van der Waals surface area contributed by atoms with Gasteiger partial charge in [0.05, 0.1) is 6.61 Å². The molecule has 0 atom stereocenters. The highest BCUT2D eigenvalue weighted by Crippen LogP contribution is 2.29. The number of nitrogens with one attached hydrogen (secondary N) is 1. The van der Waals surface area contributed by atoms with E-state index in [1.165, 1.54) is 6.26 Å². The summed E-state index contributed by atoms with van der Waals surface area (Å²) in [4.78, 5) is 16.7. The molecule has 2 aliphatic heterocycles. The lowest BCUT2D eigenvalue weighted by atomic mass is 10.0. The molecule has 1 amide bonds. The number of hydrogen-bond donors (Lipinski definition) is 1. The quantitative estimate of drug-likeness (QED) is 0.943. The van der Waals surface area contributed by atoms with Crippen LogP contribution in [0.15, 0.2) is 28.9 Å². The lowest BCUT2D eigenvalue weighted by molar-refractivity contribution is 0.0794. The molecule has 6 nitrogen and oxygen atoms in total. The zero-order valence-corrected chi connectivity index (χ0v) is 12.7. The van der Waals surface area contributed by atoms with Gasteiger partial charge in [-0.05, 0) is 36.6 Å². The van der Waals surface area contributed by atoms with E-state index in [9.17, 15) is 4.79 Å². The first-order valence-electron chi connectivity index (χ1n) is 7.90. The number of benzene rings is 1. The largest absolute Gasteiger partial charge is 0.493 e. The molecule has 6 heteroatoms. The molecule has 0 aliphatic carbocycles. The number of carbonyl (C=O) groups excluding carboxylic acids is 1. The third kappa shape index (κ3) is 2.94. The fourth-order valence-electron chi connectivity index (χ4n) is 2.98. The normalized spacial score (nSPS) is 17.6. The van der Waals surface area contributed by atoms with E-state index < -0.39 is 0 Å². The van der Waals surface area contributed by atoms with Crippen LogP contribution < -0.4 is 10.1 Å². The molecule has 1 saturated heterocycles. The van der Waals surface area contributed by atoms with Crippen LogP contribution in [-0.2, 0) is 11.2 Å². The topological polar surface area (TPSA) is 73.6 Å². The Balaban J connectivity index is 1.45. The van der Waals surface area contributed by atoms with Gasteiger partial charge >= 0.3 is 0 Å². The van der Waals surface area contributed by atoms with Gasteiger partial charge in [-0.15, -0.1) is 0 Å². The second-order valence-corrected chi connectivity index (χ2v) is 5.83. The van der Waals surface area contributed by atoms with Crippen molar-refractivity contribution in [1.29, 1.82) is 0 Å². The van der Waals surface area contributed by atoms with Crippen molar-refractivity contribution in [2.75, 3.05) is 25.1 Å². The SMILES string of the molecule is O=C(Nc1ccc2c(c1)CCO2)c1coc(C2CCOCC2)n1. The molecule has 23 heavy (non-hydrogen) atoms. The predicted molar refractivity (Wildman–Crippen MR) is 82.9 cm³/mol. The molecule has 4 rings (SSSR count). The van der Waals surface area contributed by atoms with Crippen molar-refractivity contribution >= 4 is 11.6 Å². The van der Waals surface area contributed by atoms with Crippen molar-refractivity contribution in [3.05, 3.63) is 41.6 Å². The maximum atomic E-state index is 12.3. The highest BCUT2D eigenvalue weighted by molar-refractivity contribution is 6.02. The summed E-state index contributed by atoms with van der Waals surface area (Å²) in [6.07, 6.45) is 4.06. The highest BCUT2D eigenvalue weighted by Gasteiger charge is 2.22. The molecule has 0 radical (unpaired) electrons. The summed E-state index contributed by atoms with van der Waals surface area (Å²) in [6, 6.07) is 5.66. The van der Waals surface area contributed by atoms with Gasteiger partial charge in [0.25, 0.3) is 5.91 Å². The van der Waals surface area contributed by atoms with E-state index in [0.717, 1.165) is 36.3 Å². The van der Waals surface area contributed by atoms with Gasteiger partial charge in [0.15, 0.2) is 11.6 Å². The van der Waals surface area contributed by atoms with E-state index in [4.69, 9.17) is 13.9 Å². The Bertz CT molecular complexity index is 719. The standard InChI is InChI=1S/C17H18N2O4/c20-16(18-13-1-2-15-12(9-13)5-8-22-15)14-10-23-17(19-14)11-3-6-21-7-4-11/h1-2,9-11H,3-8H2,(H,18,20). The zero-order chi connectivity index (χ0) is 15.6. The summed E-state index contributed by atoms with van der Waals surface area (Å²) in [5.74, 6) is 1.50. The number of amides is 1. The number of aromatic nitrogens is 1. The fourth-order valence-corrected chi connectivity index (χ4v) is 2.98. The van der Waals surface area contributed by atoms with E-state index >= 15 is 0 Å². The van der Waals surface area contributed by atoms with Crippen LogP contribution in [0.25, 0.3) is 0 Å². The van der Waals surface area contributed by atoms with E-state index in [2.05, 4.69) is 10.3 Å². The molecule has 1 aromatic heterocycles. The molecule has 1 fully saturated rings. The number of hydrogen-bond acceptors (Lipinski definition) is 5. The Hall–Kier alpha value is -2.34. The maximum absolute atomic E-state index is 12.3. The van der Waals surface area contributed by atoms with Gasteiger partial charge < -0.3 is 19.2 Å². The third-order valence-corrected chi connectivity index (χ3v) is 4.27. The molecule has 0 bridgehead atoms. The Morgan fingerprint density at radius 1 is 1.22 bits per heavy atom. The average molecular weight is 314 g/mol. The molecule has 1 N–H and O–H groups in total. The summed E-state index contributed by atoms with van der Waals surface area (Å²) < 4.78 is 16.3. The molecule has 0 saturated carbocycles. The minimum atomic E-state index is -0.258. The van der Waals surface area contributed by atoms with Gasteiger partial charge in [0, 0.05) is 31.2 Å². The second kappa shape index (κ2) is 6.04. The Morgan fingerprint density at radius 2 is 2.09 bits per heavy atom. The Labute approximate surface area is 133 Å². The Kier molecular flexibility index (Phi) is 3.75. The third-order valence-electron chi connectivity index (χ3n) is 4.27. The average Bonchev–Trinajstić information content (AvgIpc) is 3.24. The molecular formula is C17H18N2O4. The number of anilines is 1. The summed E-state index contributed by atoms with van der Waals surface area (Å²) in [5, 5.41) is 2.86. The summed E-state index contributed by atoms with van der Waals surface area (Å²) >= 11 is 0. The number of rotatable bonds is 3. The number of fused-ring (bicyclic) bond motifs is 1. The first kappa shape index (κ1) is 14.3. The maximum Gasteiger partial charge on any atom is 0.277 e. The number of ether oxygens (including phenoxy) is 2. The molecule has 0 unspecified atom stereocenters. The van der Waals surface area contributed by atoms with Gasteiger partial charge in [-0.2, -0.15) is 0 Å². The molecule has 2 aliphatic rings. The zero-order valence-electron chi connectivity index (χ0n) is 12.7. The highest BCUT2D eigenvalue weighted by atomic mass is 16.5. The van der Waals surface area contributed by atoms with Crippen LogP contribution in [0.3, 0.4) is 0 Å². The van der Waals surface area contributed by atoms with E-state index in [1.54, 1.807) is 0 Å². The van der Waals surface area contributed by atoms with Gasteiger partial charge in [-0.3, -0.25) is 4.79 Å². The molecule has 2 aromatic rings. The minimum absolute atomic E-state index is 0.238. The number of carbonyl (C=O) groups is 1. The second-order valence-electron chi connectivity index (χ2n) is 5.83. The van der Waals surface area contributed by atoms with Crippen LogP contribution in [-0.4, -0.2) is 30.7 Å². The van der Waals surface area contributed by atoms with E-state index in [0.29, 0.717) is 31.4 Å². The van der Waals surface area contributed by atoms with E-state index in [1.807, 2.05) is 18.2 Å². The molecule has 1 aromatic carbocycles. The van der Waals surface area contributed by atoms with Crippen LogP contribution in [0.4, 0.5) is 5.69 Å². The van der Waals surface area contributed by atoms with Crippen LogP contribution in [0.2, 0.25) is 0 Å². The minimum Gasteiger partial charge on any atom is -0.493 e. The lowest BCUT2D eigenvalue weighted by Crippen LogP contribution is -2.15. The number of nitrogens with zero attached hydrogens (tertiary/aromatic N) is 1. The Morgan fingerprint density at radius 3 is 2.96 bits per heavy atom. The van der Waals surface area contributed by atoms with Crippen molar-refractivity contribution < 1.29 is 18.7 Å². The van der Waals surface area contributed by atoms with Crippen LogP contribution in [0.1, 0.15) is 40.7 Å². The molecule has 120 valence electrons.